The maximum atomic E-state index is 12.3. The molecule has 17 heavy (non-hydrogen) atoms. The molecule has 2 fully saturated rings. The molecule has 2 saturated heterocycles. The Morgan fingerprint density at radius 3 is 2.71 bits per heavy atom. The van der Waals surface area contributed by atoms with Crippen molar-refractivity contribution in [3.63, 3.8) is 0 Å². The zero-order chi connectivity index (χ0) is 12.3. The van der Waals surface area contributed by atoms with Gasteiger partial charge in [0, 0.05) is 49.8 Å². The van der Waals surface area contributed by atoms with Crippen LogP contribution in [0.3, 0.4) is 0 Å². The summed E-state index contributed by atoms with van der Waals surface area (Å²) in [5.74, 6) is 1.39. The normalized spacial score (nSPS) is 31.5. The molecule has 5 heteroatoms. The fourth-order valence-corrected chi connectivity index (χ4v) is 3.54. The Labute approximate surface area is 108 Å². The Morgan fingerprint density at radius 1 is 1.29 bits per heavy atom. The average molecular weight is 257 g/mol. The number of hydrogen-bond donors (Lipinski definition) is 1. The smallest absolute Gasteiger partial charge is 0.237 e. The molecule has 0 aromatic rings. The second kappa shape index (κ2) is 6.07. The van der Waals surface area contributed by atoms with Crippen LogP contribution in [0.4, 0.5) is 0 Å². The van der Waals surface area contributed by atoms with Crippen molar-refractivity contribution >= 4 is 17.7 Å². The molecule has 0 aliphatic carbocycles. The van der Waals surface area contributed by atoms with E-state index in [9.17, 15) is 4.79 Å². The zero-order valence-corrected chi connectivity index (χ0v) is 11.6. The van der Waals surface area contributed by atoms with Gasteiger partial charge in [-0.2, -0.15) is 11.8 Å². The molecule has 2 atom stereocenters. The van der Waals surface area contributed by atoms with Gasteiger partial charge in [0.2, 0.25) is 5.91 Å². The third-order valence-electron chi connectivity index (χ3n) is 3.77. The first kappa shape index (κ1) is 13.2. The van der Waals surface area contributed by atoms with E-state index >= 15 is 0 Å². The molecule has 2 unspecified atom stereocenters. The highest BCUT2D eigenvalue weighted by atomic mass is 32.2. The predicted octanol–water partition coefficient (Wildman–Crippen LogP) is 0.244. The van der Waals surface area contributed by atoms with Crippen LogP contribution in [-0.2, 0) is 4.79 Å². The van der Waals surface area contributed by atoms with Crippen LogP contribution in [-0.4, -0.2) is 72.0 Å². The van der Waals surface area contributed by atoms with E-state index in [1.165, 1.54) is 0 Å². The van der Waals surface area contributed by atoms with Gasteiger partial charge in [-0.05, 0) is 6.92 Å². The number of carbonyl (C=O) groups excluding carboxylic acids is 1. The number of carbonyl (C=O) groups is 1. The lowest BCUT2D eigenvalue weighted by molar-refractivity contribution is -0.134. The highest BCUT2D eigenvalue weighted by Crippen LogP contribution is 2.24. The van der Waals surface area contributed by atoms with Crippen molar-refractivity contribution < 1.29 is 4.79 Å². The van der Waals surface area contributed by atoms with Crippen LogP contribution < -0.4 is 5.32 Å². The van der Waals surface area contributed by atoms with E-state index in [1.807, 2.05) is 11.8 Å². The molecule has 98 valence electrons. The van der Waals surface area contributed by atoms with Gasteiger partial charge in [-0.1, -0.05) is 6.92 Å². The molecule has 2 rings (SSSR count). The molecule has 1 amide bonds. The first-order valence-electron chi connectivity index (χ1n) is 6.52. The molecule has 0 radical (unpaired) electrons. The number of amides is 1. The van der Waals surface area contributed by atoms with E-state index in [2.05, 4.69) is 29.0 Å². The lowest BCUT2D eigenvalue weighted by Crippen LogP contribution is -2.53. The second-order valence-electron chi connectivity index (χ2n) is 4.93. The van der Waals surface area contributed by atoms with Crippen molar-refractivity contribution in [1.29, 1.82) is 0 Å². The van der Waals surface area contributed by atoms with E-state index < -0.39 is 0 Å². The highest BCUT2D eigenvalue weighted by Gasteiger charge is 2.29. The third kappa shape index (κ3) is 3.36. The van der Waals surface area contributed by atoms with Gasteiger partial charge in [0.15, 0.2) is 0 Å². The maximum absolute atomic E-state index is 12.3. The number of nitrogens with one attached hydrogen (secondary N) is 1. The summed E-state index contributed by atoms with van der Waals surface area (Å²) in [4.78, 5) is 16.6. The van der Waals surface area contributed by atoms with E-state index in [0.717, 1.165) is 38.5 Å². The summed E-state index contributed by atoms with van der Waals surface area (Å²) in [6, 6.07) is 0.379. The van der Waals surface area contributed by atoms with Gasteiger partial charge in [0.05, 0.1) is 6.54 Å². The lowest BCUT2D eigenvalue weighted by atomic mass is 10.2. The Hall–Kier alpha value is -0.260. The lowest BCUT2D eigenvalue weighted by Gasteiger charge is -2.39. The average Bonchev–Trinajstić information content (AvgIpc) is 2.34. The summed E-state index contributed by atoms with van der Waals surface area (Å²) in [7, 11) is 0. The fraction of sp³-hybridized carbons (Fsp3) is 0.917. The molecule has 0 bridgehead atoms. The summed E-state index contributed by atoms with van der Waals surface area (Å²) in [5.41, 5.74) is 0. The van der Waals surface area contributed by atoms with E-state index in [4.69, 9.17) is 0 Å². The molecule has 0 aromatic heterocycles. The minimum Gasteiger partial charge on any atom is -0.337 e. The van der Waals surface area contributed by atoms with Crippen LogP contribution >= 0.6 is 11.8 Å². The number of hydrogen-bond acceptors (Lipinski definition) is 4. The molecule has 2 aliphatic heterocycles. The van der Waals surface area contributed by atoms with Crippen molar-refractivity contribution in [1.82, 2.24) is 15.1 Å². The molecule has 2 heterocycles. The maximum Gasteiger partial charge on any atom is 0.237 e. The van der Waals surface area contributed by atoms with Crippen LogP contribution in [0.25, 0.3) is 0 Å². The van der Waals surface area contributed by atoms with Gasteiger partial charge >= 0.3 is 0 Å². The van der Waals surface area contributed by atoms with Crippen LogP contribution in [0.1, 0.15) is 13.8 Å². The van der Waals surface area contributed by atoms with Gasteiger partial charge in [-0.25, -0.2) is 0 Å². The Morgan fingerprint density at radius 2 is 2.00 bits per heavy atom. The van der Waals surface area contributed by atoms with Gasteiger partial charge in [0.25, 0.3) is 0 Å². The Bertz CT molecular complexity index is 268. The van der Waals surface area contributed by atoms with Crippen LogP contribution in [0.15, 0.2) is 0 Å². The summed E-state index contributed by atoms with van der Waals surface area (Å²) in [5, 5.41) is 3.88. The van der Waals surface area contributed by atoms with E-state index in [-0.39, 0.29) is 0 Å². The molecular formula is C12H23N3OS. The van der Waals surface area contributed by atoms with Crippen LogP contribution in [0, 0.1) is 0 Å². The topological polar surface area (TPSA) is 35.6 Å². The minimum atomic E-state index is 0.312. The van der Waals surface area contributed by atoms with Gasteiger partial charge in [-0.3, -0.25) is 9.69 Å². The zero-order valence-electron chi connectivity index (χ0n) is 10.8. The molecular weight excluding hydrogens is 234 g/mol. The molecule has 4 nitrogen and oxygen atoms in total. The van der Waals surface area contributed by atoms with Gasteiger partial charge < -0.3 is 10.2 Å². The highest BCUT2D eigenvalue weighted by molar-refractivity contribution is 8.00. The van der Waals surface area contributed by atoms with E-state index in [0.29, 0.717) is 23.7 Å². The van der Waals surface area contributed by atoms with Gasteiger partial charge in [0.1, 0.15) is 0 Å². The number of thioether (sulfide) groups is 1. The van der Waals surface area contributed by atoms with Crippen molar-refractivity contribution in [2.75, 3.05) is 45.0 Å². The second-order valence-corrected chi connectivity index (χ2v) is 6.41. The van der Waals surface area contributed by atoms with Crippen molar-refractivity contribution in [3.8, 4) is 0 Å². The number of piperazine rings is 1. The first-order chi connectivity index (χ1) is 8.18. The van der Waals surface area contributed by atoms with Gasteiger partial charge in [-0.15, -0.1) is 0 Å². The first-order valence-corrected chi connectivity index (χ1v) is 7.57. The summed E-state index contributed by atoms with van der Waals surface area (Å²) in [6.07, 6.45) is 0. The fourth-order valence-electron chi connectivity index (χ4n) is 2.44. The molecule has 0 saturated carbocycles. The SMILES string of the molecule is CC1SCCN(C(=O)CN2CCNCC2)C1C. The number of nitrogens with zero attached hydrogens (tertiary/aromatic N) is 2. The largest absolute Gasteiger partial charge is 0.337 e. The van der Waals surface area contributed by atoms with Crippen molar-refractivity contribution in [2.24, 2.45) is 0 Å². The molecule has 1 N–H and O–H groups in total. The standard InChI is InChI=1S/C12H23N3OS/c1-10-11(2)17-8-7-15(10)12(16)9-14-5-3-13-4-6-14/h10-11,13H,3-9H2,1-2H3. The van der Waals surface area contributed by atoms with Crippen molar-refractivity contribution in [3.05, 3.63) is 0 Å². The van der Waals surface area contributed by atoms with Crippen LogP contribution in [0.2, 0.25) is 0 Å². The quantitative estimate of drug-likeness (QED) is 0.769. The summed E-state index contributed by atoms with van der Waals surface area (Å²) in [6.45, 7) is 9.93. The van der Waals surface area contributed by atoms with Crippen LogP contribution in [0.5, 0.6) is 0 Å². The molecule has 0 spiro atoms. The summed E-state index contributed by atoms with van der Waals surface area (Å²) < 4.78 is 0. The Balaban J connectivity index is 1.85. The Kier molecular flexibility index (Phi) is 4.70. The molecule has 0 aromatic carbocycles. The summed E-state index contributed by atoms with van der Waals surface area (Å²) >= 11 is 1.98. The predicted molar refractivity (Wildman–Crippen MR) is 72.4 cm³/mol. The minimum absolute atomic E-state index is 0.312. The molecule has 2 aliphatic rings. The monoisotopic (exact) mass is 257 g/mol. The van der Waals surface area contributed by atoms with Crippen molar-refractivity contribution in [2.45, 2.75) is 25.1 Å². The third-order valence-corrected chi connectivity index (χ3v) is 5.11. The number of rotatable bonds is 2. The van der Waals surface area contributed by atoms with E-state index in [1.54, 1.807) is 0 Å².